The van der Waals surface area contributed by atoms with Gasteiger partial charge in [0.2, 0.25) is 0 Å². The number of nitrogens with one attached hydrogen (secondary N) is 1. The van der Waals surface area contributed by atoms with Crippen LogP contribution in [0.15, 0.2) is 42.5 Å². The van der Waals surface area contributed by atoms with Gasteiger partial charge in [0.25, 0.3) is 5.91 Å². The number of Topliss-reactive ketones (excluding diaryl/α,β-unsaturated/α-hetero) is 1. The second-order valence-electron chi connectivity index (χ2n) is 7.06. The molecule has 3 rings (SSSR count). The molecule has 1 aliphatic heterocycles. The smallest absolute Gasteiger partial charge is 0.251 e. The molecule has 0 aliphatic carbocycles. The number of hydrogen-bond donors (Lipinski definition) is 3. The van der Waals surface area contributed by atoms with Gasteiger partial charge in [-0.05, 0) is 42.3 Å². The molecule has 0 saturated carbocycles. The van der Waals surface area contributed by atoms with Crippen LogP contribution in [-0.4, -0.2) is 47.3 Å². The lowest BCUT2D eigenvalue weighted by atomic mass is 9.98. The number of ketones is 1. The fourth-order valence-electron chi connectivity index (χ4n) is 3.20. The number of hydrogen-bond acceptors (Lipinski definition) is 5. The minimum Gasteiger partial charge on any atom is -0.508 e. The molecule has 0 bridgehead atoms. The lowest BCUT2D eigenvalue weighted by Gasteiger charge is -2.26. The molecular weight excluding hydrogens is 365 g/mol. The van der Waals surface area contributed by atoms with Gasteiger partial charge in [-0.1, -0.05) is 12.1 Å². The fraction of sp³-hybridized carbons (Fsp3) is 0.333. The summed E-state index contributed by atoms with van der Waals surface area (Å²) < 4.78 is 18.6. The van der Waals surface area contributed by atoms with E-state index in [1.165, 1.54) is 6.07 Å². The van der Waals surface area contributed by atoms with Crippen molar-refractivity contribution in [1.82, 2.24) is 5.32 Å². The first kappa shape index (κ1) is 20.0. The number of carbonyl (C=O) groups is 2. The number of aromatic hydroxyl groups is 1. The molecule has 0 aromatic heterocycles. The van der Waals surface area contributed by atoms with Crippen LogP contribution < -0.4 is 5.32 Å². The summed E-state index contributed by atoms with van der Waals surface area (Å²) in [6.45, 7) is 0.515. The number of amides is 1. The van der Waals surface area contributed by atoms with Crippen molar-refractivity contribution >= 4 is 11.7 Å². The van der Waals surface area contributed by atoms with E-state index in [1.807, 2.05) is 0 Å². The number of halogens is 1. The highest BCUT2D eigenvalue weighted by molar-refractivity contribution is 5.95. The number of aliphatic hydroxyl groups excluding tert-OH is 1. The summed E-state index contributed by atoms with van der Waals surface area (Å²) in [5, 5.41) is 22.1. The quantitative estimate of drug-likeness (QED) is 0.673. The molecule has 1 amide bonds. The van der Waals surface area contributed by atoms with Crippen LogP contribution in [0, 0.1) is 5.82 Å². The molecular formula is C21H22FNO5. The normalized spacial score (nSPS) is 18.8. The molecule has 1 aliphatic rings. The minimum absolute atomic E-state index is 0.0470. The van der Waals surface area contributed by atoms with Crippen LogP contribution in [0.1, 0.15) is 27.9 Å². The molecule has 0 radical (unpaired) electrons. The standard InChI is InChI=1S/C21H22FNO5/c22-17-4-5-19(26)16(10-17)11-18(25)9-14-2-1-3-15(8-14)20(27)23-21(12-24)6-7-28-13-21/h1-5,8,10,24,26H,6-7,9,11-13H2,(H,23,27). The lowest BCUT2D eigenvalue weighted by molar-refractivity contribution is -0.117. The van der Waals surface area contributed by atoms with Crippen molar-refractivity contribution in [3.8, 4) is 5.75 Å². The van der Waals surface area contributed by atoms with Crippen LogP contribution in [0.2, 0.25) is 0 Å². The number of benzene rings is 2. The van der Waals surface area contributed by atoms with Crippen molar-refractivity contribution in [3.63, 3.8) is 0 Å². The van der Waals surface area contributed by atoms with Crippen LogP contribution in [0.25, 0.3) is 0 Å². The zero-order valence-corrected chi connectivity index (χ0v) is 15.3. The number of phenolic OH excluding ortho intramolecular Hbond substituents is 1. The molecule has 1 unspecified atom stereocenters. The van der Waals surface area contributed by atoms with E-state index in [4.69, 9.17) is 4.74 Å². The van der Waals surface area contributed by atoms with E-state index in [-0.39, 0.29) is 49.1 Å². The van der Waals surface area contributed by atoms with Gasteiger partial charge in [0.05, 0.1) is 18.8 Å². The average molecular weight is 387 g/mol. The zero-order valence-electron chi connectivity index (χ0n) is 15.3. The van der Waals surface area contributed by atoms with E-state index in [2.05, 4.69) is 5.32 Å². The highest BCUT2D eigenvalue weighted by atomic mass is 19.1. The maximum Gasteiger partial charge on any atom is 0.251 e. The summed E-state index contributed by atoms with van der Waals surface area (Å²) >= 11 is 0. The van der Waals surface area contributed by atoms with E-state index in [1.54, 1.807) is 24.3 Å². The topological polar surface area (TPSA) is 95.9 Å². The first-order chi connectivity index (χ1) is 13.4. The van der Waals surface area contributed by atoms with Gasteiger partial charge in [-0.15, -0.1) is 0 Å². The van der Waals surface area contributed by atoms with Crippen LogP contribution in [0.5, 0.6) is 5.75 Å². The molecule has 1 saturated heterocycles. The second-order valence-corrected chi connectivity index (χ2v) is 7.06. The van der Waals surface area contributed by atoms with Gasteiger partial charge in [0.1, 0.15) is 17.3 Å². The van der Waals surface area contributed by atoms with Crippen molar-refractivity contribution in [1.29, 1.82) is 0 Å². The van der Waals surface area contributed by atoms with Crippen LogP contribution in [0.4, 0.5) is 4.39 Å². The summed E-state index contributed by atoms with van der Waals surface area (Å²) in [5.74, 6) is -1.21. The van der Waals surface area contributed by atoms with Gasteiger partial charge in [-0.3, -0.25) is 9.59 Å². The first-order valence-corrected chi connectivity index (χ1v) is 9.00. The minimum atomic E-state index is -0.780. The summed E-state index contributed by atoms with van der Waals surface area (Å²) in [6.07, 6.45) is 0.473. The van der Waals surface area contributed by atoms with E-state index >= 15 is 0 Å². The highest BCUT2D eigenvalue weighted by Crippen LogP contribution is 2.21. The third-order valence-electron chi connectivity index (χ3n) is 4.80. The Balaban J connectivity index is 1.66. The third-order valence-corrected chi connectivity index (χ3v) is 4.80. The molecule has 1 fully saturated rings. The predicted molar refractivity (Wildman–Crippen MR) is 99.6 cm³/mol. The van der Waals surface area contributed by atoms with Gasteiger partial charge in [-0.2, -0.15) is 0 Å². The molecule has 0 spiro atoms. The summed E-state index contributed by atoms with van der Waals surface area (Å²) in [7, 11) is 0. The third kappa shape index (κ3) is 4.74. The SMILES string of the molecule is O=C(Cc1cccc(C(=O)NC2(CO)CCOC2)c1)Cc1cc(F)ccc1O. The first-order valence-electron chi connectivity index (χ1n) is 9.00. The fourth-order valence-corrected chi connectivity index (χ4v) is 3.20. The van der Waals surface area contributed by atoms with E-state index in [0.717, 1.165) is 12.1 Å². The number of ether oxygens (including phenoxy) is 1. The molecule has 3 N–H and O–H groups in total. The molecule has 1 heterocycles. The number of phenols is 1. The molecule has 148 valence electrons. The Morgan fingerprint density at radius 2 is 2.00 bits per heavy atom. The van der Waals surface area contributed by atoms with Crippen molar-refractivity contribution in [2.24, 2.45) is 0 Å². The maximum atomic E-state index is 13.3. The van der Waals surface area contributed by atoms with E-state index < -0.39 is 11.4 Å². The Labute approximate surface area is 162 Å². The van der Waals surface area contributed by atoms with Gasteiger partial charge >= 0.3 is 0 Å². The van der Waals surface area contributed by atoms with Crippen LogP contribution >= 0.6 is 0 Å². The predicted octanol–water partition coefficient (Wildman–Crippen LogP) is 1.77. The Morgan fingerprint density at radius 1 is 1.18 bits per heavy atom. The van der Waals surface area contributed by atoms with E-state index in [9.17, 15) is 24.2 Å². The molecule has 28 heavy (non-hydrogen) atoms. The zero-order chi connectivity index (χ0) is 20.1. The number of rotatable bonds is 7. The van der Waals surface area contributed by atoms with Crippen molar-refractivity contribution in [2.75, 3.05) is 19.8 Å². The van der Waals surface area contributed by atoms with Gasteiger partial charge in [0.15, 0.2) is 0 Å². The Bertz CT molecular complexity index is 877. The summed E-state index contributed by atoms with van der Waals surface area (Å²) in [5.41, 5.74) is 0.454. The lowest BCUT2D eigenvalue weighted by Crippen LogP contribution is -2.52. The Kier molecular flexibility index (Phi) is 6.06. The van der Waals surface area contributed by atoms with Crippen molar-refractivity contribution in [2.45, 2.75) is 24.8 Å². The Morgan fingerprint density at radius 3 is 2.71 bits per heavy atom. The van der Waals surface area contributed by atoms with E-state index in [0.29, 0.717) is 24.2 Å². The van der Waals surface area contributed by atoms with Crippen molar-refractivity contribution in [3.05, 3.63) is 65.0 Å². The number of aliphatic hydroxyl groups is 1. The van der Waals surface area contributed by atoms with Crippen LogP contribution in [0.3, 0.4) is 0 Å². The van der Waals surface area contributed by atoms with Gasteiger partial charge in [0, 0.05) is 30.6 Å². The second kappa shape index (κ2) is 8.50. The molecule has 2 aromatic carbocycles. The van der Waals surface area contributed by atoms with Crippen molar-refractivity contribution < 1.29 is 28.9 Å². The van der Waals surface area contributed by atoms with Gasteiger partial charge < -0.3 is 20.3 Å². The average Bonchev–Trinajstić information content (AvgIpc) is 3.14. The maximum absolute atomic E-state index is 13.3. The van der Waals surface area contributed by atoms with Gasteiger partial charge in [-0.25, -0.2) is 4.39 Å². The molecule has 6 nitrogen and oxygen atoms in total. The monoisotopic (exact) mass is 387 g/mol. The summed E-state index contributed by atoms with van der Waals surface area (Å²) in [4.78, 5) is 24.9. The summed E-state index contributed by atoms with van der Waals surface area (Å²) in [6, 6.07) is 10.1. The Hall–Kier alpha value is -2.77. The largest absolute Gasteiger partial charge is 0.508 e. The molecule has 1 atom stereocenters. The number of carbonyl (C=O) groups excluding carboxylic acids is 2. The van der Waals surface area contributed by atoms with Crippen LogP contribution in [-0.2, 0) is 22.4 Å². The molecule has 7 heteroatoms. The highest BCUT2D eigenvalue weighted by Gasteiger charge is 2.36. The molecule has 2 aromatic rings.